The molecule has 3 nitrogen and oxygen atoms in total. The molecule has 2 aromatic rings. The summed E-state index contributed by atoms with van der Waals surface area (Å²) in [4.78, 5) is 11.8. The Morgan fingerprint density at radius 1 is 1.14 bits per heavy atom. The number of carbonyl (C=O) groups excluding carboxylic acids is 1. The minimum atomic E-state index is -0.308. The molecule has 0 amide bonds. The SMILES string of the molecule is CCOC(=O)c1ccc(C#Cc2ccc3c(c2)C(C)(C)C(S)C(C(C)C)N3)cc1. The van der Waals surface area contributed by atoms with E-state index in [9.17, 15) is 4.79 Å². The van der Waals surface area contributed by atoms with Crippen LogP contribution in [0.2, 0.25) is 0 Å². The van der Waals surface area contributed by atoms with E-state index in [4.69, 9.17) is 17.4 Å². The van der Waals surface area contributed by atoms with Gasteiger partial charge in [-0.3, -0.25) is 0 Å². The number of anilines is 1. The van der Waals surface area contributed by atoms with Crippen LogP contribution in [0.5, 0.6) is 0 Å². The van der Waals surface area contributed by atoms with Crippen LogP contribution in [0, 0.1) is 17.8 Å². The molecular formula is C25H29NO2S. The quantitative estimate of drug-likeness (QED) is 0.412. The molecule has 0 aromatic heterocycles. The Balaban J connectivity index is 1.85. The standard InChI is InChI=1S/C25H29NO2S/c1-6-28-24(27)19-12-9-17(10-13-19)7-8-18-11-14-21-20(15-18)25(4,5)23(29)22(26-21)16(2)3/h9-16,22-23,26,29H,6H2,1-5H3. The minimum absolute atomic E-state index is 0.0579. The van der Waals surface area contributed by atoms with E-state index in [1.807, 2.05) is 12.1 Å². The molecular weight excluding hydrogens is 378 g/mol. The summed E-state index contributed by atoms with van der Waals surface area (Å²) in [6.07, 6.45) is 0. The fourth-order valence-corrected chi connectivity index (χ4v) is 4.29. The maximum Gasteiger partial charge on any atom is 0.338 e. The van der Waals surface area contributed by atoms with Gasteiger partial charge in [0.1, 0.15) is 0 Å². The van der Waals surface area contributed by atoms with Crippen LogP contribution in [0.4, 0.5) is 5.69 Å². The highest BCUT2D eigenvalue weighted by atomic mass is 32.1. The van der Waals surface area contributed by atoms with Gasteiger partial charge in [-0.1, -0.05) is 39.5 Å². The molecule has 0 saturated heterocycles. The van der Waals surface area contributed by atoms with Crippen LogP contribution in [-0.4, -0.2) is 23.9 Å². The first-order valence-electron chi connectivity index (χ1n) is 10.1. The molecule has 1 N–H and O–H groups in total. The van der Waals surface area contributed by atoms with Crippen molar-refractivity contribution >= 4 is 24.3 Å². The first-order valence-corrected chi connectivity index (χ1v) is 10.6. The third-order valence-corrected chi connectivity index (χ3v) is 6.55. The van der Waals surface area contributed by atoms with Gasteiger partial charge in [-0.25, -0.2) is 4.79 Å². The number of hydrogen-bond acceptors (Lipinski definition) is 4. The molecule has 2 atom stereocenters. The Hall–Kier alpha value is -2.38. The molecule has 1 aliphatic heterocycles. The van der Waals surface area contributed by atoms with Crippen LogP contribution >= 0.6 is 12.6 Å². The van der Waals surface area contributed by atoms with E-state index in [-0.39, 0.29) is 16.6 Å². The molecule has 2 unspecified atom stereocenters. The maximum atomic E-state index is 11.8. The van der Waals surface area contributed by atoms with Crippen LogP contribution in [0.15, 0.2) is 42.5 Å². The zero-order chi connectivity index (χ0) is 21.2. The first kappa shape index (κ1) is 21.3. The number of fused-ring (bicyclic) bond motifs is 1. The largest absolute Gasteiger partial charge is 0.462 e. The van der Waals surface area contributed by atoms with Crippen molar-refractivity contribution in [2.75, 3.05) is 11.9 Å². The zero-order valence-electron chi connectivity index (χ0n) is 17.7. The van der Waals surface area contributed by atoms with Crippen molar-refractivity contribution in [2.45, 2.75) is 51.3 Å². The van der Waals surface area contributed by atoms with Crippen LogP contribution in [0.3, 0.4) is 0 Å². The summed E-state index contributed by atoms with van der Waals surface area (Å²) in [5, 5.41) is 3.88. The molecule has 1 heterocycles. The van der Waals surface area contributed by atoms with Gasteiger partial charge in [-0.15, -0.1) is 0 Å². The monoisotopic (exact) mass is 407 g/mol. The van der Waals surface area contributed by atoms with E-state index < -0.39 is 0 Å². The van der Waals surface area contributed by atoms with Gasteiger partial charge >= 0.3 is 5.97 Å². The summed E-state index contributed by atoms with van der Waals surface area (Å²) in [5.41, 5.74) is 4.73. The van der Waals surface area contributed by atoms with Crippen molar-refractivity contribution in [3.05, 3.63) is 64.7 Å². The number of nitrogens with one attached hydrogen (secondary N) is 1. The normalized spacial score (nSPS) is 19.6. The van der Waals surface area contributed by atoms with Crippen molar-refractivity contribution in [2.24, 2.45) is 5.92 Å². The lowest BCUT2D eigenvalue weighted by Gasteiger charge is -2.45. The number of ether oxygens (including phenoxy) is 1. The molecule has 152 valence electrons. The number of hydrogen-bond donors (Lipinski definition) is 2. The maximum absolute atomic E-state index is 11.8. The Morgan fingerprint density at radius 3 is 2.38 bits per heavy atom. The fraction of sp³-hybridized carbons (Fsp3) is 0.400. The van der Waals surface area contributed by atoms with Crippen LogP contribution in [0.1, 0.15) is 61.7 Å². The number of carbonyl (C=O) groups is 1. The second-order valence-corrected chi connectivity index (χ2v) is 8.95. The molecule has 29 heavy (non-hydrogen) atoms. The summed E-state index contributed by atoms with van der Waals surface area (Å²) < 4.78 is 5.01. The Labute approximate surface area is 179 Å². The van der Waals surface area contributed by atoms with Crippen molar-refractivity contribution in [1.82, 2.24) is 0 Å². The van der Waals surface area contributed by atoms with Crippen LogP contribution in [0.25, 0.3) is 0 Å². The topological polar surface area (TPSA) is 38.3 Å². The Morgan fingerprint density at radius 2 is 1.76 bits per heavy atom. The highest BCUT2D eigenvalue weighted by Crippen LogP contribution is 2.43. The van der Waals surface area contributed by atoms with Crippen molar-refractivity contribution < 1.29 is 9.53 Å². The fourth-order valence-electron chi connectivity index (χ4n) is 3.73. The molecule has 4 heteroatoms. The predicted octanol–water partition coefficient (Wildman–Crippen LogP) is 5.29. The first-order chi connectivity index (χ1) is 13.7. The van der Waals surface area contributed by atoms with E-state index in [1.165, 1.54) is 11.3 Å². The molecule has 3 rings (SSSR count). The van der Waals surface area contributed by atoms with E-state index in [1.54, 1.807) is 19.1 Å². The number of thiol groups is 1. The van der Waals surface area contributed by atoms with Gasteiger partial charge in [-0.05, 0) is 60.9 Å². The molecule has 0 saturated carbocycles. The van der Waals surface area contributed by atoms with Gasteiger partial charge in [-0.2, -0.15) is 12.6 Å². The lowest BCUT2D eigenvalue weighted by molar-refractivity contribution is 0.0526. The van der Waals surface area contributed by atoms with E-state index in [2.05, 4.69) is 63.1 Å². The summed E-state index contributed by atoms with van der Waals surface area (Å²) in [6, 6.07) is 13.9. The summed E-state index contributed by atoms with van der Waals surface area (Å²) in [5.74, 6) is 6.64. The molecule has 1 aliphatic rings. The minimum Gasteiger partial charge on any atom is -0.462 e. The average molecular weight is 408 g/mol. The molecule has 0 aliphatic carbocycles. The highest BCUT2D eigenvalue weighted by molar-refractivity contribution is 7.81. The van der Waals surface area contributed by atoms with Gasteiger partial charge in [0.15, 0.2) is 0 Å². The van der Waals surface area contributed by atoms with E-state index in [0.717, 1.165) is 11.1 Å². The van der Waals surface area contributed by atoms with Crippen LogP contribution < -0.4 is 5.32 Å². The molecule has 0 fully saturated rings. The van der Waals surface area contributed by atoms with Gasteiger partial charge in [0.05, 0.1) is 12.2 Å². The number of esters is 1. The smallest absolute Gasteiger partial charge is 0.338 e. The predicted molar refractivity (Wildman–Crippen MR) is 123 cm³/mol. The third kappa shape index (κ3) is 4.46. The second kappa shape index (κ2) is 8.55. The molecule has 0 spiro atoms. The third-order valence-electron chi connectivity index (χ3n) is 5.58. The van der Waals surface area contributed by atoms with Crippen LogP contribution in [-0.2, 0) is 10.2 Å². The van der Waals surface area contributed by atoms with E-state index in [0.29, 0.717) is 24.1 Å². The summed E-state index contributed by atoms with van der Waals surface area (Å²) >= 11 is 4.95. The van der Waals surface area contributed by atoms with Crippen molar-refractivity contribution in [1.29, 1.82) is 0 Å². The molecule has 0 bridgehead atoms. The second-order valence-electron chi connectivity index (χ2n) is 8.39. The van der Waals surface area contributed by atoms with Crippen molar-refractivity contribution in [3.8, 4) is 11.8 Å². The molecule has 0 radical (unpaired) electrons. The van der Waals surface area contributed by atoms with Crippen molar-refractivity contribution in [3.63, 3.8) is 0 Å². The van der Waals surface area contributed by atoms with Gasteiger partial charge in [0.2, 0.25) is 0 Å². The lowest BCUT2D eigenvalue weighted by Crippen LogP contribution is -2.49. The molecule has 2 aromatic carbocycles. The number of benzene rings is 2. The lowest BCUT2D eigenvalue weighted by atomic mass is 9.72. The number of rotatable bonds is 3. The average Bonchev–Trinajstić information content (AvgIpc) is 2.70. The van der Waals surface area contributed by atoms with Gasteiger partial charge in [0, 0.05) is 33.5 Å². The summed E-state index contributed by atoms with van der Waals surface area (Å²) in [7, 11) is 0. The van der Waals surface area contributed by atoms with Gasteiger partial charge < -0.3 is 10.1 Å². The van der Waals surface area contributed by atoms with E-state index >= 15 is 0 Å². The highest BCUT2D eigenvalue weighted by Gasteiger charge is 2.41. The zero-order valence-corrected chi connectivity index (χ0v) is 18.6. The van der Waals surface area contributed by atoms with Gasteiger partial charge in [0.25, 0.3) is 0 Å². The Kier molecular flexibility index (Phi) is 6.29. The summed E-state index contributed by atoms with van der Waals surface area (Å²) in [6.45, 7) is 11.1. The Bertz CT molecular complexity index is 951.